The minimum atomic E-state index is -4.59. The van der Waals surface area contributed by atoms with Crippen molar-refractivity contribution in [2.45, 2.75) is 32.0 Å². The summed E-state index contributed by atoms with van der Waals surface area (Å²) < 4.78 is 45.8. The van der Waals surface area contributed by atoms with Crippen LogP contribution in [0.3, 0.4) is 0 Å². The van der Waals surface area contributed by atoms with E-state index in [1.54, 1.807) is 35.4 Å². The number of carbonyl (C=O) groups excluding carboxylic acids is 2. The smallest absolute Gasteiger partial charge is 0.416 e. The zero-order chi connectivity index (χ0) is 31.6. The molecular formula is C31H24F3N7O3S. The van der Waals surface area contributed by atoms with E-state index in [0.29, 0.717) is 28.4 Å². The van der Waals surface area contributed by atoms with Gasteiger partial charge in [0.15, 0.2) is 5.13 Å². The maximum atomic E-state index is 13.4. The van der Waals surface area contributed by atoms with Crippen molar-refractivity contribution in [3.8, 4) is 33.3 Å². The van der Waals surface area contributed by atoms with Crippen LogP contribution in [-0.2, 0) is 11.0 Å². The Bertz CT molecular complexity index is 1830. The Balaban J connectivity index is 1.09. The summed E-state index contributed by atoms with van der Waals surface area (Å²) in [7, 11) is 0. The Morgan fingerprint density at radius 1 is 0.978 bits per heavy atom. The van der Waals surface area contributed by atoms with Gasteiger partial charge in [-0.1, -0.05) is 23.5 Å². The molecule has 2 aromatic carbocycles. The van der Waals surface area contributed by atoms with Crippen molar-refractivity contribution in [1.82, 2.24) is 19.9 Å². The second kappa shape index (κ2) is 12.3. The molecule has 0 spiro atoms. The van der Waals surface area contributed by atoms with Gasteiger partial charge in [-0.25, -0.2) is 19.7 Å². The fourth-order valence-corrected chi connectivity index (χ4v) is 5.78. The number of anilines is 3. The Labute approximate surface area is 259 Å². The van der Waals surface area contributed by atoms with Crippen LogP contribution in [0.4, 0.5) is 34.5 Å². The summed E-state index contributed by atoms with van der Waals surface area (Å²) >= 11 is 1.44. The van der Waals surface area contributed by atoms with Gasteiger partial charge in [-0.15, -0.1) is 0 Å². The highest BCUT2D eigenvalue weighted by molar-refractivity contribution is 7.19. The van der Waals surface area contributed by atoms with Crippen molar-refractivity contribution < 1.29 is 27.5 Å². The molecule has 1 aliphatic heterocycles. The lowest BCUT2D eigenvalue weighted by Gasteiger charge is -2.17. The fourth-order valence-electron chi connectivity index (χ4n) is 4.74. The average molecular weight is 632 g/mol. The molecule has 1 unspecified atom stereocenters. The lowest BCUT2D eigenvalue weighted by Crippen LogP contribution is -2.30. The highest BCUT2D eigenvalue weighted by Gasteiger charge is 2.32. The van der Waals surface area contributed by atoms with Crippen molar-refractivity contribution in [2.24, 2.45) is 0 Å². The van der Waals surface area contributed by atoms with E-state index < -0.39 is 17.8 Å². The summed E-state index contributed by atoms with van der Waals surface area (Å²) in [6.07, 6.45) is 4.14. The normalized spacial score (nSPS) is 14.8. The fraction of sp³-hybridized carbons (Fsp3) is 0.161. The standard InChI is InChI=1S/C31H24F3N7O3S/c1-18-4-11-27(42)41(18)30-38-17-26(45-30)19-5-8-23(9-6-19)44-29-36-15-22(16-37-29)39-28(43)40-25-13-21(31(32,33)34)7-10-24(25)20-3-2-12-35-14-20/h2-3,5-10,12-18H,4,11H2,1H3,(H2,39,40,43). The number of nitrogens with zero attached hydrogens (tertiary/aromatic N) is 5. The van der Waals surface area contributed by atoms with E-state index in [9.17, 15) is 22.8 Å². The first-order valence-corrected chi connectivity index (χ1v) is 14.5. The largest absolute Gasteiger partial charge is 0.424 e. The number of benzene rings is 2. The molecule has 1 atom stereocenters. The van der Waals surface area contributed by atoms with Gasteiger partial charge in [0.1, 0.15) is 5.75 Å². The van der Waals surface area contributed by atoms with Crippen LogP contribution < -0.4 is 20.3 Å². The van der Waals surface area contributed by atoms with Gasteiger partial charge in [-0.05, 0) is 61.4 Å². The van der Waals surface area contributed by atoms with Gasteiger partial charge in [-0.3, -0.25) is 14.7 Å². The first-order valence-electron chi connectivity index (χ1n) is 13.7. The summed E-state index contributed by atoms with van der Waals surface area (Å²) in [5.41, 5.74) is 1.04. The first-order chi connectivity index (χ1) is 21.6. The number of aromatic nitrogens is 4. The molecule has 10 nitrogen and oxygen atoms in total. The molecule has 4 heterocycles. The van der Waals surface area contributed by atoms with Gasteiger partial charge < -0.3 is 15.4 Å². The summed E-state index contributed by atoms with van der Waals surface area (Å²) in [4.78, 5) is 44.3. The lowest BCUT2D eigenvalue weighted by atomic mass is 10.0. The van der Waals surface area contributed by atoms with Crippen LogP contribution in [0, 0.1) is 0 Å². The molecule has 1 saturated heterocycles. The van der Waals surface area contributed by atoms with E-state index in [1.165, 1.54) is 42.2 Å². The molecule has 0 bridgehead atoms. The summed E-state index contributed by atoms with van der Waals surface area (Å²) in [6, 6.07) is 13.0. The summed E-state index contributed by atoms with van der Waals surface area (Å²) in [5.74, 6) is 0.553. The molecule has 3 aromatic heterocycles. The first kappa shape index (κ1) is 29.7. The number of urea groups is 1. The number of hydrogen-bond donors (Lipinski definition) is 2. The molecule has 14 heteroatoms. The van der Waals surface area contributed by atoms with Crippen LogP contribution in [0.1, 0.15) is 25.3 Å². The molecule has 1 fully saturated rings. The van der Waals surface area contributed by atoms with Gasteiger partial charge >= 0.3 is 18.2 Å². The van der Waals surface area contributed by atoms with E-state index in [1.807, 2.05) is 19.1 Å². The number of hydrogen-bond acceptors (Lipinski definition) is 8. The van der Waals surface area contributed by atoms with E-state index in [2.05, 4.69) is 30.6 Å². The Morgan fingerprint density at radius 3 is 2.42 bits per heavy atom. The number of pyridine rings is 1. The zero-order valence-corrected chi connectivity index (χ0v) is 24.4. The molecule has 6 rings (SSSR count). The highest BCUT2D eigenvalue weighted by Crippen LogP contribution is 2.37. The third kappa shape index (κ3) is 6.75. The minimum absolute atomic E-state index is 0.0204. The quantitative estimate of drug-likeness (QED) is 0.189. The molecule has 0 radical (unpaired) electrons. The number of halogens is 3. The number of ether oxygens (including phenoxy) is 1. The maximum Gasteiger partial charge on any atom is 0.416 e. The van der Waals surface area contributed by atoms with Crippen LogP contribution in [-0.4, -0.2) is 37.9 Å². The summed E-state index contributed by atoms with van der Waals surface area (Å²) in [6.45, 7) is 2.01. The molecule has 1 aliphatic rings. The number of thiazole rings is 1. The molecular weight excluding hydrogens is 607 g/mol. The molecule has 228 valence electrons. The van der Waals surface area contributed by atoms with Crippen LogP contribution in [0.5, 0.6) is 11.8 Å². The number of amides is 3. The number of rotatable bonds is 7. The molecule has 2 N–H and O–H groups in total. The second-order valence-electron chi connectivity index (χ2n) is 10.1. The van der Waals surface area contributed by atoms with Crippen molar-refractivity contribution in [3.05, 3.63) is 91.1 Å². The van der Waals surface area contributed by atoms with E-state index >= 15 is 0 Å². The Hall–Kier alpha value is -5.37. The molecule has 0 saturated carbocycles. The molecule has 5 aromatic rings. The monoisotopic (exact) mass is 631 g/mol. The number of nitrogens with one attached hydrogen (secondary N) is 2. The third-order valence-corrected chi connectivity index (χ3v) is 8.03. The topological polar surface area (TPSA) is 122 Å². The summed E-state index contributed by atoms with van der Waals surface area (Å²) in [5, 5.41) is 5.67. The zero-order valence-electron chi connectivity index (χ0n) is 23.6. The Kier molecular flexibility index (Phi) is 8.13. The molecule has 45 heavy (non-hydrogen) atoms. The van der Waals surface area contributed by atoms with Gasteiger partial charge in [0.2, 0.25) is 5.91 Å². The van der Waals surface area contributed by atoms with Crippen LogP contribution >= 0.6 is 11.3 Å². The predicted molar refractivity (Wildman–Crippen MR) is 163 cm³/mol. The lowest BCUT2D eigenvalue weighted by molar-refractivity contribution is -0.137. The van der Waals surface area contributed by atoms with Gasteiger partial charge in [-0.2, -0.15) is 13.2 Å². The van der Waals surface area contributed by atoms with E-state index in [-0.39, 0.29) is 29.3 Å². The van der Waals surface area contributed by atoms with Crippen LogP contribution in [0.25, 0.3) is 21.6 Å². The SMILES string of the molecule is CC1CCC(=O)N1c1ncc(-c2ccc(Oc3ncc(NC(=O)Nc4cc(C(F)(F)F)ccc4-c4cccnc4)cn3)cc2)s1. The average Bonchev–Trinajstić information content (AvgIpc) is 3.64. The van der Waals surface area contributed by atoms with Crippen LogP contribution in [0.2, 0.25) is 0 Å². The van der Waals surface area contributed by atoms with Crippen LogP contribution in [0.15, 0.2) is 85.6 Å². The van der Waals surface area contributed by atoms with E-state index in [0.717, 1.165) is 29.0 Å². The third-order valence-electron chi connectivity index (χ3n) is 6.99. The predicted octanol–water partition coefficient (Wildman–Crippen LogP) is 7.63. The number of carbonyl (C=O) groups is 2. The van der Waals surface area contributed by atoms with Crippen molar-refractivity contribution >= 4 is 39.8 Å². The van der Waals surface area contributed by atoms with E-state index in [4.69, 9.17) is 4.74 Å². The number of alkyl halides is 3. The minimum Gasteiger partial charge on any atom is -0.424 e. The van der Waals surface area contributed by atoms with Gasteiger partial charge in [0.05, 0.1) is 34.2 Å². The molecule has 0 aliphatic carbocycles. The second-order valence-corrected chi connectivity index (χ2v) is 11.1. The highest BCUT2D eigenvalue weighted by atomic mass is 32.1. The van der Waals surface area contributed by atoms with Crippen molar-refractivity contribution in [3.63, 3.8) is 0 Å². The van der Waals surface area contributed by atoms with Gasteiger partial charge in [0, 0.05) is 42.2 Å². The van der Waals surface area contributed by atoms with Crippen molar-refractivity contribution in [2.75, 3.05) is 15.5 Å². The van der Waals surface area contributed by atoms with Crippen molar-refractivity contribution in [1.29, 1.82) is 0 Å². The Morgan fingerprint density at radius 2 is 1.76 bits per heavy atom. The maximum absolute atomic E-state index is 13.4. The molecule has 3 amide bonds. The van der Waals surface area contributed by atoms with Gasteiger partial charge in [0.25, 0.3) is 0 Å².